The third-order valence-corrected chi connectivity index (χ3v) is 7.18. The fourth-order valence-electron chi connectivity index (χ4n) is 4.86. The average molecular weight is 499 g/mol. The van der Waals surface area contributed by atoms with Crippen molar-refractivity contribution >= 4 is 29.2 Å². The summed E-state index contributed by atoms with van der Waals surface area (Å²) in [5, 5.41) is 6.02. The van der Waals surface area contributed by atoms with Gasteiger partial charge >= 0.3 is 6.03 Å². The Kier molecular flexibility index (Phi) is 9.01. The second kappa shape index (κ2) is 12.4. The Morgan fingerprint density at radius 1 is 1.11 bits per heavy atom. The van der Waals surface area contributed by atoms with E-state index in [0.29, 0.717) is 29.4 Å². The summed E-state index contributed by atoms with van der Waals surface area (Å²) in [7, 11) is 1.85. The van der Waals surface area contributed by atoms with Crippen LogP contribution in [-0.4, -0.2) is 67.2 Å². The van der Waals surface area contributed by atoms with E-state index in [1.54, 1.807) is 18.2 Å². The number of morpholine rings is 1. The third-order valence-electron chi connectivity index (χ3n) is 6.86. The van der Waals surface area contributed by atoms with Gasteiger partial charge in [0.25, 0.3) is 5.91 Å². The van der Waals surface area contributed by atoms with E-state index in [1.165, 1.54) is 12.0 Å². The molecule has 2 N–H and O–H groups in total. The second-order valence-corrected chi connectivity index (χ2v) is 9.86. The summed E-state index contributed by atoms with van der Waals surface area (Å²) in [6.45, 7) is 3.55. The van der Waals surface area contributed by atoms with Crippen molar-refractivity contribution < 1.29 is 14.3 Å². The van der Waals surface area contributed by atoms with Gasteiger partial charge in [0, 0.05) is 45.0 Å². The molecule has 0 radical (unpaired) electrons. The Labute approximate surface area is 212 Å². The van der Waals surface area contributed by atoms with Crippen molar-refractivity contribution in [2.75, 3.05) is 38.6 Å². The smallest absolute Gasteiger partial charge is 0.319 e. The molecule has 1 aliphatic carbocycles. The number of ether oxygens (including phenoxy) is 1. The highest BCUT2D eigenvalue weighted by Crippen LogP contribution is 2.26. The van der Waals surface area contributed by atoms with Gasteiger partial charge in [-0.15, -0.1) is 0 Å². The minimum Gasteiger partial charge on any atom is -0.374 e. The molecule has 1 unspecified atom stereocenters. The summed E-state index contributed by atoms with van der Waals surface area (Å²) >= 11 is 6.43. The molecule has 2 fully saturated rings. The molecule has 2 aliphatic rings. The molecule has 2 aromatic rings. The zero-order valence-corrected chi connectivity index (χ0v) is 21.1. The van der Waals surface area contributed by atoms with Crippen LogP contribution in [0.25, 0.3) is 0 Å². The number of benzene rings is 2. The van der Waals surface area contributed by atoms with Crippen molar-refractivity contribution in [3.05, 3.63) is 64.7 Å². The number of hydrogen-bond acceptors (Lipinski definition) is 4. The fourth-order valence-corrected chi connectivity index (χ4v) is 5.12. The van der Waals surface area contributed by atoms with E-state index in [0.717, 1.165) is 45.3 Å². The van der Waals surface area contributed by atoms with Gasteiger partial charge in [0.1, 0.15) is 0 Å². The summed E-state index contributed by atoms with van der Waals surface area (Å²) < 4.78 is 5.83. The normalized spacial score (nSPS) is 19.2. The van der Waals surface area contributed by atoms with Crippen LogP contribution in [0.1, 0.15) is 48.0 Å². The van der Waals surface area contributed by atoms with Crippen molar-refractivity contribution in [2.24, 2.45) is 0 Å². The lowest BCUT2D eigenvalue weighted by Gasteiger charge is -2.33. The molecule has 3 amide bonds. The molecule has 0 bridgehead atoms. The van der Waals surface area contributed by atoms with Crippen LogP contribution in [0.4, 0.5) is 10.5 Å². The summed E-state index contributed by atoms with van der Waals surface area (Å²) in [5.74, 6) is -0.0765. The van der Waals surface area contributed by atoms with E-state index >= 15 is 0 Å². The van der Waals surface area contributed by atoms with Gasteiger partial charge in [0.15, 0.2) is 0 Å². The first-order valence-electron chi connectivity index (χ1n) is 12.5. The van der Waals surface area contributed by atoms with Gasteiger partial charge in [0.2, 0.25) is 0 Å². The lowest BCUT2D eigenvalue weighted by Crippen LogP contribution is -2.47. The summed E-state index contributed by atoms with van der Waals surface area (Å²) in [6, 6.07) is 15.3. The topological polar surface area (TPSA) is 73.9 Å². The number of urea groups is 1. The zero-order valence-electron chi connectivity index (χ0n) is 20.3. The lowest BCUT2D eigenvalue weighted by molar-refractivity contribution is -0.0285. The van der Waals surface area contributed by atoms with Gasteiger partial charge in [-0.2, -0.15) is 0 Å². The molecule has 2 aromatic carbocycles. The van der Waals surface area contributed by atoms with Crippen LogP contribution in [0.2, 0.25) is 5.02 Å². The number of anilines is 1. The average Bonchev–Trinajstić information content (AvgIpc) is 2.88. The van der Waals surface area contributed by atoms with Crippen LogP contribution in [0.5, 0.6) is 0 Å². The Hall–Kier alpha value is -2.61. The minimum atomic E-state index is -0.330. The Morgan fingerprint density at radius 2 is 1.89 bits per heavy atom. The van der Waals surface area contributed by atoms with E-state index < -0.39 is 0 Å². The highest BCUT2D eigenvalue weighted by atomic mass is 35.5. The van der Waals surface area contributed by atoms with E-state index in [1.807, 2.05) is 30.1 Å². The van der Waals surface area contributed by atoms with Crippen LogP contribution in [-0.2, 0) is 11.3 Å². The number of rotatable bonds is 7. The van der Waals surface area contributed by atoms with Gasteiger partial charge in [-0.05, 0) is 36.6 Å². The number of hydrogen-bond donors (Lipinski definition) is 2. The highest BCUT2D eigenvalue weighted by molar-refractivity contribution is 6.34. The van der Waals surface area contributed by atoms with Gasteiger partial charge in [-0.3, -0.25) is 9.69 Å². The van der Waals surface area contributed by atoms with E-state index in [4.69, 9.17) is 16.3 Å². The van der Waals surface area contributed by atoms with Crippen molar-refractivity contribution in [3.63, 3.8) is 0 Å². The molecule has 35 heavy (non-hydrogen) atoms. The second-order valence-electron chi connectivity index (χ2n) is 9.45. The van der Waals surface area contributed by atoms with Crippen molar-refractivity contribution in [3.8, 4) is 0 Å². The first-order valence-corrected chi connectivity index (χ1v) is 12.9. The van der Waals surface area contributed by atoms with Crippen molar-refractivity contribution in [1.29, 1.82) is 0 Å². The van der Waals surface area contributed by atoms with Crippen molar-refractivity contribution in [2.45, 2.75) is 50.8 Å². The Bertz CT molecular complexity index is 997. The van der Waals surface area contributed by atoms with Crippen LogP contribution in [0.3, 0.4) is 0 Å². The summed E-state index contributed by atoms with van der Waals surface area (Å²) in [5.41, 5.74) is 2.27. The van der Waals surface area contributed by atoms with Gasteiger partial charge in [-0.1, -0.05) is 61.2 Å². The largest absolute Gasteiger partial charge is 0.374 e. The summed E-state index contributed by atoms with van der Waals surface area (Å²) in [4.78, 5) is 29.6. The maximum absolute atomic E-state index is 12.9. The maximum Gasteiger partial charge on any atom is 0.319 e. The minimum absolute atomic E-state index is 0.0721. The number of carbonyl (C=O) groups is 2. The highest BCUT2D eigenvalue weighted by Gasteiger charge is 2.25. The van der Waals surface area contributed by atoms with Gasteiger partial charge < -0.3 is 20.3 Å². The molecule has 1 heterocycles. The molecule has 8 heteroatoms. The van der Waals surface area contributed by atoms with E-state index in [-0.39, 0.29) is 24.1 Å². The first kappa shape index (κ1) is 25.5. The molecule has 1 saturated carbocycles. The molecule has 0 spiro atoms. The van der Waals surface area contributed by atoms with Gasteiger partial charge in [0.05, 0.1) is 23.3 Å². The summed E-state index contributed by atoms with van der Waals surface area (Å²) in [6.07, 6.45) is 5.55. The number of nitrogens with one attached hydrogen (secondary N) is 2. The molecular formula is C27H35ClN4O3. The molecule has 188 valence electrons. The maximum atomic E-state index is 12.9. The van der Waals surface area contributed by atoms with E-state index in [9.17, 15) is 9.59 Å². The van der Waals surface area contributed by atoms with Crippen molar-refractivity contribution in [1.82, 2.24) is 15.1 Å². The number of halogens is 1. The van der Waals surface area contributed by atoms with Crippen LogP contribution in [0.15, 0.2) is 48.5 Å². The SMILES string of the molecule is CN(C(=O)c1ccc(NC(=O)NCC2CN(Cc3ccccc3)CCO2)cc1Cl)C1CCCCC1. The van der Waals surface area contributed by atoms with Gasteiger partial charge in [-0.25, -0.2) is 4.79 Å². The molecular weight excluding hydrogens is 464 g/mol. The molecule has 1 saturated heterocycles. The molecule has 1 aliphatic heterocycles. The lowest BCUT2D eigenvalue weighted by atomic mass is 9.94. The molecule has 7 nitrogen and oxygen atoms in total. The third kappa shape index (κ3) is 7.19. The number of amides is 3. The quantitative estimate of drug-likeness (QED) is 0.577. The molecule has 4 rings (SSSR count). The first-order chi connectivity index (χ1) is 17.0. The number of carbonyl (C=O) groups excluding carboxylic acids is 2. The monoisotopic (exact) mass is 498 g/mol. The predicted molar refractivity (Wildman–Crippen MR) is 139 cm³/mol. The predicted octanol–water partition coefficient (Wildman–Crippen LogP) is 4.77. The Balaban J connectivity index is 1.25. The van der Waals surface area contributed by atoms with Crippen LogP contribution >= 0.6 is 11.6 Å². The van der Waals surface area contributed by atoms with E-state index in [2.05, 4.69) is 27.7 Å². The van der Waals surface area contributed by atoms with Crippen LogP contribution < -0.4 is 10.6 Å². The molecule has 0 aromatic heterocycles. The standard InChI is InChI=1S/C27H35ClN4O3/c1-31(22-10-6-3-7-11-22)26(33)24-13-12-21(16-25(24)28)30-27(34)29-17-23-19-32(14-15-35-23)18-20-8-4-2-5-9-20/h2,4-5,8-9,12-13,16,22-23H,3,6-7,10-11,14-15,17-19H2,1H3,(H2,29,30,34). The molecule has 1 atom stereocenters. The van der Waals surface area contributed by atoms with Crippen LogP contribution in [0, 0.1) is 0 Å². The fraction of sp³-hybridized carbons (Fsp3) is 0.481. The zero-order chi connectivity index (χ0) is 24.6. The Morgan fingerprint density at radius 3 is 2.63 bits per heavy atom. The number of nitrogens with zero attached hydrogens (tertiary/aromatic N) is 2.